The molecule has 0 saturated carbocycles. The molecule has 0 aliphatic heterocycles. The fourth-order valence-electron chi connectivity index (χ4n) is 2.13. The molecule has 2 aromatic rings. The summed E-state index contributed by atoms with van der Waals surface area (Å²) in [6.07, 6.45) is -4.11. The molecule has 1 heterocycles. The largest absolute Gasteiger partial charge is 0.418 e. The lowest BCUT2D eigenvalue weighted by atomic mass is 10.1. The van der Waals surface area contributed by atoms with Crippen molar-refractivity contribution in [2.45, 2.75) is 19.1 Å². The van der Waals surface area contributed by atoms with Crippen molar-refractivity contribution in [3.63, 3.8) is 0 Å². The molecule has 2 rings (SSSR count). The van der Waals surface area contributed by atoms with Gasteiger partial charge >= 0.3 is 11.9 Å². The molecule has 0 aliphatic carbocycles. The van der Waals surface area contributed by atoms with Crippen molar-refractivity contribution in [3.8, 4) is 0 Å². The van der Waals surface area contributed by atoms with Gasteiger partial charge in [-0.15, -0.1) is 0 Å². The number of alkyl halides is 3. The summed E-state index contributed by atoms with van der Waals surface area (Å²) in [7, 11) is 1.73. The summed E-state index contributed by atoms with van der Waals surface area (Å²) in [6.45, 7) is 0.730. The summed E-state index contributed by atoms with van der Waals surface area (Å²) >= 11 is 0. The molecule has 21 heavy (non-hydrogen) atoms. The van der Waals surface area contributed by atoms with Crippen molar-refractivity contribution in [1.82, 2.24) is 14.9 Å². The highest BCUT2D eigenvalue weighted by Gasteiger charge is 2.33. The van der Waals surface area contributed by atoms with Gasteiger partial charge in [-0.05, 0) is 32.1 Å². The summed E-state index contributed by atoms with van der Waals surface area (Å²) in [5.41, 5.74) is -3.03. The number of benzene rings is 1. The van der Waals surface area contributed by atoms with E-state index >= 15 is 0 Å². The van der Waals surface area contributed by atoms with Gasteiger partial charge in [0.15, 0.2) is 0 Å². The van der Waals surface area contributed by atoms with E-state index in [0.717, 1.165) is 16.7 Å². The average molecular weight is 301 g/mol. The quantitative estimate of drug-likeness (QED) is 0.837. The lowest BCUT2D eigenvalue weighted by molar-refractivity contribution is -0.136. The smallest absolute Gasteiger partial charge is 0.320 e. The minimum Gasteiger partial charge on any atom is -0.320 e. The van der Waals surface area contributed by atoms with Crippen LogP contribution in [-0.4, -0.2) is 23.1 Å². The van der Waals surface area contributed by atoms with Crippen LogP contribution in [0.5, 0.6) is 0 Å². The fraction of sp³-hybridized carbons (Fsp3) is 0.385. The van der Waals surface area contributed by atoms with Crippen LogP contribution in [0.3, 0.4) is 0 Å². The Morgan fingerprint density at radius 2 is 2.00 bits per heavy atom. The van der Waals surface area contributed by atoms with Crippen LogP contribution in [0.1, 0.15) is 12.0 Å². The summed E-state index contributed by atoms with van der Waals surface area (Å²) in [6, 6.07) is 3.27. The van der Waals surface area contributed by atoms with Crippen LogP contribution < -0.4 is 16.6 Å². The fourth-order valence-corrected chi connectivity index (χ4v) is 2.13. The third-order valence-corrected chi connectivity index (χ3v) is 3.13. The normalized spacial score (nSPS) is 12.0. The van der Waals surface area contributed by atoms with Crippen molar-refractivity contribution in [2.75, 3.05) is 13.6 Å². The molecule has 0 amide bonds. The van der Waals surface area contributed by atoms with Crippen LogP contribution in [0.25, 0.3) is 10.9 Å². The maximum absolute atomic E-state index is 12.9. The van der Waals surface area contributed by atoms with Crippen LogP contribution in [0.4, 0.5) is 13.2 Å². The standard InChI is InChI=1S/C13H14F3N3O2/c1-17-6-3-7-19-11(20)8-4-2-5-9(13(14,15)16)10(8)18-12(19)21/h2,4-5,17H,3,6-7H2,1H3,(H,18,21). The van der Waals surface area contributed by atoms with E-state index in [2.05, 4.69) is 10.3 Å². The second-order valence-corrected chi connectivity index (χ2v) is 4.57. The summed E-state index contributed by atoms with van der Waals surface area (Å²) in [5, 5.41) is 2.72. The Hall–Kier alpha value is -2.09. The first kappa shape index (κ1) is 15.3. The van der Waals surface area contributed by atoms with Gasteiger partial charge in [-0.3, -0.25) is 9.36 Å². The minimum absolute atomic E-state index is 0.140. The number of H-pyrrole nitrogens is 1. The molecule has 0 fully saturated rings. The summed E-state index contributed by atoms with van der Waals surface area (Å²) < 4.78 is 39.6. The highest BCUT2D eigenvalue weighted by molar-refractivity contribution is 5.81. The van der Waals surface area contributed by atoms with Crippen LogP contribution in [0, 0.1) is 0 Å². The third-order valence-electron chi connectivity index (χ3n) is 3.13. The Bertz CT molecular complexity index is 762. The van der Waals surface area contributed by atoms with Gasteiger partial charge in [0.2, 0.25) is 0 Å². The number of hydrogen-bond donors (Lipinski definition) is 2. The number of para-hydroxylation sites is 1. The summed E-state index contributed by atoms with van der Waals surface area (Å²) in [4.78, 5) is 26.2. The minimum atomic E-state index is -4.63. The van der Waals surface area contributed by atoms with Gasteiger partial charge in [-0.25, -0.2) is 4.79 Å². The van der Waals surface area contributed by atoms with Crippen molar-refractivity contribution >= 4 is 10.9 Å². The van der Waals surface area contributed by atoms with E-state index in [1.54, 1.807) is 7.05 Å². The van der Waals surface area contributed by atoms with E-state index in [9.17, 15) is 22.8 Å². The van der Waals surface area contributed by atoms with E-state index < -0.39 is 28.5 Å². The number of nitrogens with zero attached hydrogens (tertiary/aromatic N) is 1. The highest BCUT2D eigenvalue weighted by Crippen LogP contribution is 2.32. The van der Waals surface area contributed by atoms with Crippen LogP contribution in [0.15, 0.2) is 27.8 Å². The first-order valence-corrected chi connectivity index (χ1v) is 6.34. The van der Waals surface area contributed by atoms with E-state index in [4.69, 9.17) is 0 Å². The van der Waals surface area contributed by atoms with Crippen LogP contribution in [0.2, 0.25) is 0 Å². The number of fused-ring (bicyclic) bond motifs is 1. The van der Waals surface area contributed by atoms with Gasteiger partial charge in [0.05, 0.1) is 16.5 Å². The molecule has 5 nitrogen and oxygen atoms in total. The number of nitrogens with one attached hydrogen (secondary N) is 2. The molecule has 0 radical (unpaired) electrons. The lowest BCUT2D eigenvalue weighted by Crippen LogP contribution is -2.36. The molecular weight excluding hydrogens is 287 g/mol. The number of aromatic amines is 1. The Morgan fingerprint density at radius 1 is 1.29 bits per heavy atom. The maximum atomic E-state index is 12.9. The molecule has 0 atom stereocenters. The number of hydrogen-bond acceptors (Lipinski definition) is 3. The molecule has 0 spiro atoms. The molecular formula is C13H14F3N3O2. The van der Waals surface area contributed by atoms with E-state index in [1.807, 2.05) is 0 Å². The molecule has 114 valence electrons. The molecule has 1 aromatic carbocycles. The average Bonchev–Trinajstić information content (AvgIpc) is 2.41. The molecule has 0 unspecified atom stereocenters. The van der Waals surface area contributed by atoms with Gasteiger partial charge in [-0.2, -0.15) is 13.2 Å². The molecule has 0 bridgehead atoms. The van der Waals surface area contributed by atoms with Crippen molar-refractivity contribution < 1.29 is 13.2 Å². The number of aromatic nitrogens is 2. The topological polar surface area (TPSA) is 66.9 Å². The van der Waals surface area contributed by atoms with Gasteiger partial charge in [0.25, 0.3) is 5.56 Å². The maximum Gasteiger partial charge on any atom is 0.418 e. The Kier molecular flexibility index (Phi) is 4.17. The second-order valence-electron chi connectivity index (χ2n) is 4.57. The van der Waals surface area contributed by atoms with Gasteiger partial charge in [0.1, 0.15) is 0 Å². The number of rotatable bonds is 4. The zero-order valence-electron chi connectivity index (χ0n) is 11.3. The molecule has 0 aliphatic rings. The lowest BCUT2D eigenvalue weighted by Gasteiger charge is -2.11. The molecule has 2 N–H and O–H groups in total. The second kappa shape index (κ2) is 5.72. The van der Waals surface area contributed by atoms with Crippen LogP contribution >= 0.6 is 0 Å². The Morgan fingerprint density at radius 3 is 2.62 bits per heavy atom. The molecule has 8 heteroatoms. The van der Waals surface area contributed by atoms with Crippen molar-refractivity contribution in [3.05, 3.63) is 44.6 Å². The van der Waals surface area contributed by atoms with E-state index in [0.29, 0.717) is 13.0 Å². The zero-order valence-corrected chi connectivity index (χ0v) is 11.3. The predicted octanol–water partition coefficient (Wildman–Crippen LogP) is 1.32. The monoisotopic (exact) mass is 301 g/mol. The Labute approximate surface area is 117 Å². The predicted molar refractivity (Wildman–Crippen MR) is 72.4 cm³/mol. The van der Waals surface area contributed by atoms with Crippen molar-refractivity contribution in [1.29, 1.82) is 0 Å². The van der Waals surface area contributed by atoms with Gasteiger partial charge in [0, 0.05) is 6.54 Å². The molecule has 0 saturated heterocycles. The number of halogens is 3. The van der Waals surface area contributed by atoms with E-state index in [1.165, 1.54) is 6.07 Å². The van der Waals surface area contributed by atoms with Crippen LogP contribution in [-0.2, 0) is 12.7 Å². The van der Waals surface area contributed by atoms with E-state index in [-0.39, 0.29) is 11.9 Å². The summed E-state index contributed by atoms with van der Waals surface area (Å²) in [5.74, 6) is 0. The van der Waals surface area contributed by atoms with Gasteiger partial charge in [-0.1, -0.05) is 6.07 Å². The molecule has 1 aromatic heterocycles. The Balaban J connectivity index is 2.64. The first-order chi connectivity index (χ1) is 9.86. The first-order valence-electron chi connectivity index (χ1n) is 6.34. The zero-order chi connectivity index (χ0) is 15.6. The third kappa shape index (κ3) is 2.99. The SMILES string of the molecule is CNCCCn1c(=O)[nH]c2c(C(F)(F)F)cccc2c1=O. The van der Waals surface area contributed by atoms with Gasteiger partial charge < -0.3 is 10.3 Å². The van der Waals surface area contributed by atoms with Crippen molar-refractivity contribution in [2.24, 2.45) is 0 Å². The highest BCUT2D eigenvalue weighted by atomic mass is 19.4.